The van der Waals surface area contributed by atoms with Crippen molar-refractivity contribution in [2.75, 3.05) is 19.8 Å². The molecule has 2 unspecified atom stereocenters. The van der Waals surface area contributed by atoms with Crippen LogP contribution in [0.5, 0.6) is 0 Å². The summed E-state index contributed by atoms with van der Waals surface area (Å²) in [6.07, 6.45) is 7.64. The third kappa shape index (κ3) is 5.70. The smallest absolute Gasteiger partial charge is 0.311 e. The lowest BCUT2D eigenvalue weighted by atomic mass is 9.66. The van der Waals surface area contributed by atoms with Gasteiger partial charge in [-0.15, -0.1) is 24.9 Å². The predicted molar refractivity (Wildman–Crippen MR) is 157 cm³/mol. The van der Waals surface area contributed by atoms with Crippen molar-refractivity contribution in [3.8, 4) is 0 Å². The van der Waals surface area contributed by atoms with Crippen LogP contribution < -0.4 is 0 Å². The maximum absolute atomic E-state index is 14.8. The normalized spacial score (nSPS) is 30.7. The first kappa shape index (κ1) is 31.7. The summed E-state index contributed by atoms with van der Waals surface area (Å²) in [5.41, 5.74) is -0.524. The van der Waals surface area contributed by atoms with Crippen molar-refractivity contribution in [1.29, 1.82) is 0 Å². The van der Waals surface area contributed by atoms with E-state index in [9.17, 15) is 19.5 Å². The van der Waals surface area contributed by atoms with Crippen LogP contribution in [0.1, 0.15) is 87.0 Å². The standard InChI is InChI=1S/C31H50N2O5S/c1-10-13-14-18-38-27(37)23-22-25(35)33(21(12-3)19-34)24(31(22)16-15-30(23,9)39-31)26(36)32(17-11-2)29(7,8)20-28(4,5)6/h10-11,21-24,34H,1-2,12-20H2,3-9H3/t21-,22-,23+,24?,30-,31?/m0/s1. The maximum Gasteiger partial charge on any atom is 0.311 e. The number of rotatable bonds is 13. The Morgan fingerprint density at radius 1 is 1.23 bits per heavy atom. The minimum absolute atomic E-state index is 0.0270. The Bertz CT molecular complexity index is 971. The molecule has 3 aliphatic rings. The van der Waals surface area contributed by atoms with Gasteiger partial charge in [-0.1, -0.05) is 39.8 Å². The zero-order valence-corrected chi connectivity index (χ0v) is 25.9. The molecule has 1 N–H and O–H groups in total. The Balaban J connectivity index is 2.09. The fourth-order valence-electron chi connectivity index (χ4n) is 7.60. The van der Waals surface area contributed by atoms with Crippen molar-refractivity contribution in [3.63, 3.8) is 0 Å². The lowest BCUT2D eigenvalue weighted by Crippen LogP contribution is -2.61. The molecule has 3 heterocycles. The summed E-state index contributed by atoms with van der Waals surface area (Å²) in [5, 5.41) is 10.3. The van der Waals surface area contributed by atoms with E-state index in [1.165, 1.54) is 0 Å². The van der Waals surface area contributed by atoms with Gasteiger partial charge in [0, 0.05) is 16.8 Å². The van der Waals surface area contributed by atoms with E-state index in [1.807, 2.05) is 18.7 Å². The molecule has 2 amide bonds. The zero-order chi connectivity index (χ0) is 29.4. The van der Waals surface area contributed by atoms with E-state index >= 15 is 0 Å². The second kappa shape index (κ2) is 11.6. The van der Waals surface area contributed by atoms with Crippen LogP contribution in [0.15, 0.2) is 25.3 Å². The summed E-state index contributed by atoms with van der Waals surface area (Å²) in [4.78, 5) is 46.2. The zero-order valence-electron chi connectivity index (χ0n) is 25.1. The first-order valence-corrected chi connectivity index (χ1v) is 15.3. The molecule has 1 spiro atoms. The number of unbranched alkanes of at least 4 members (excludes halogenated alkanes) is 1. The van der Waals surface area contributed by atoms with Gasteiger partial charge >= 0.3 is 5.97 Å². The summed E-state index contributed by atoms with van der Waals surface area (Å²) in [6.45, 7) is 22.6. The number of aliphatic hydroxyl groups excluding tert-OH is 1. The lowest BCUT2D eigenvalue weighted by molar-refractivity contribution is -0.156. The molecule has 39 heavy (non-hydrogen) atoms. The summed E-state index contributed by atoms with van der Waals surface area (Å²) >= 11 is 1.64. The van der Waals surface area contributed by atoms with E-state index in [0.29, 0.717) is 25.8 Å². The van der Waals surface area contributed by atoms with Gasteiger partial charge in [0.2, 0.25) is 11.8 Å². The molecule has 3 rings (SSSR count). The number of hydrogen-bond donors (Lipinski definition) is 1. The molecule has 0 aromatic heterocycles. The van der Waals surface area contributed by atoms with Gasteiger partial charge in [0.05, 0.1) is 35.8 Å². The third-order valence-corrected chi connectivity index (χ3v) is 10.8. The number of carbonyl (C=O) groups excluding carboxylic acids is 3. The van der Waals surface area contributed by atoms with Crippen molar-refractivity contribution in [2.45, 2.75) is 114 Å². The summed E-state index contributed by atoms with van der Waals surface area (Å²) in [5.74, 6) is -1.96. The highest BCUT2D eigenvalue weighted by Gasteiger charge is 2.78. The highest BCUT2D eigenvalue weighted by Crippen LogP contribution is 2.72. The molecule has 3 aliphatic heterocycles. The van der Waals surface area contributed by atoms with Crippen LogP contribution in [-0.4, -0.2) is 79.6 Å². The van der Waals surface area contributed by atoms with E-state index in [0.717, 1.165) is 19.3 Å². The van der Waals surface area contributed by atoms with E-state index < -0.39 is 39.0 Å². The number of likely N-dealkylation sites (tertiary alicyclic amines) is 1. The molecule has 0 aromatic rings. The van der Waals surface area contributed by atoms with Crippen LogP contribution in [0.25, 0.3) is 0 Å². The average Bonchev–Trinajstić information content (AvgIpc) is 3.40. The Morgan fingerprint density at radius 3 is 2.44 bits per heavy atom. The molecule has 0 radical (unpaired) electrons. The maximum atomic E-state index is 14.8. The first-order chi connectivity index (χ1) is 18.1. The van der Waals surface area contributed by atoms with Crippen LogP contribution in [0, 0.1) is 17.3 Å². The van der Waals surface area contributed by atoms with Gasteiger partial charge in [0.1, 0.15) is 6.04 Å². The number of esters is 1. The molecule has 8 heteroatoms. The molecule has 0 aliphatic carbocycles. The molecular weight excluding hydrogens is 512 g/mol. The topological polar surface area (TPSA) is 87.1 Å². The highest BCUT2D eigenvalue weighted by atomic mass is 32.2. The van der Waals surface area contributed by atoms with Gasteiger partial charge in [-0.2, -0.15) is 0 Å². The second-order valence-corrected chi connectivity index (χ2v) is 15.5. The molecule has 3 saturated heterocycles. The van der Waals surface area contributed by atoms with E-state index in [1.54, 1.807) is 28.8 Å². The number of amides is 2. The number of fused-ring (bicyclic) bond motifs is 1. The number of nitrogens with zero attached hydrogens (tertiary/aromatic N) is 2. The Kier molecular flexibility index (Phi) is 9.43. The van der Waals surface area contributed by atoms with Crippen LogP contribution in [0.2, 0.25) is 0 Å². The summed E-state index contributed by atoms with van der Waals surface area (Å²) < 4.78 is 4.49. The summed E-state index contributed by atoms with van der Waals surface area (Å²) in [7, 11) is 0. The fourth-order valence-corrected chi connectivity index (χ4v) is 9.93. The third-order valence-electron chi connectivity index (χ3n) is 8.85. The minimum atomic E-state index is -0.767. The van der Waals surface area contributed by atoms with E-state index in [2.05, 4.69) is 47.8 Å². The minimum Gasteiger partial charge on any atom is -0.465 e. The SMILES string of the molecule is C=CCCCOC(=O)[C@H]1[C@H]2C(=O)N([C@@H](CC)CO)C(C(=O)N(CC=C)C(C)(C)CC(C)(C)C)C23CC[C@]1(C)S3. The van der Waals surface area contributed by atoms with Crippen LogP contribution >= 0.6 is 11.8 Å². The van der Waals surface area contributed by atoms with Crippen molar-refractivity contribution >= 4 is 29.5 Å². The molecule has 2 bridgehead atoms. The van der Waals surface area contributed by atoms with Crippen molar-refractivity contribution in [2.24, 2.45) is 17.3 Å². The van der Waals surface area contributed by atoms with Crippen LogP contribution in [-0.2, 0) is 19.1 Å². The Morgan fingerprint density at radius 2 is 1.90 bits per heavy atom. The Hall–Kier alpha value is -1.80. The number of allylic oxidation sites excluding steroid dienone is 1. The van der Waals surface area contributed by atoms with Crippen LogP contribution in [0.3, 0.4) is 0 Å². The molecule has 6 atom stereocenters. The quantitative estimate of drug-likeness (QED) is 0.194. The molecule has 220 valence electrons. The molecule has 0 aromatic carbocycles. The number of carbonyl (C=O) groups is 3. The largest absolute Gasteiger partial charge is 0.465 e. The Labute approximate surface area is 239 Å². The van der Waals surface area contributed by atoms with Crippen molar-refractivity contribution < 1.29 is 24.2 Å². The highest BCUT2D eigenvalue weighted by molar-refractivity contribution is 8.02. The second-order valence-electron chi connectivity index (χ2n) is 13.6. The number of aliphatic hydroxyl groups is 1. The van der Waals surface area contributed by atoms with Gasteiger partial charge in [0.15, 0.2) is 0 Å². The number of thioether (sulfide) groups is 1. The van der Waals surface area contributed by atoms with Crippen molar-refractivity contribution in [3.05, 3.63) is 25.3 Å². The lowest BCUT2D eigenvalue weighted by Gasteiger charge is -2.46. The van der Waals surface area contributed by atoms with Crippen LogP contribution in [0.4, 0.5) is 0 Å². The predicted octanol–water partition coefficient (Wildman–Crippen LogP) is 4.98. The first-order valence-electron chi connectivity index (χ1n) is 14.5. The fraction of sp³-hybridized carbons (Fsp3) is 0.774. The summed E-state index contributed by atoms with van der Waals surface area (Å²) in [6, 6.07) is -1.27. The molecule has 3 fully saturated rings. The molecule has 7 nitrogen and oxygen atoms in total. The van der Waals surface area contributed by atoms with Gasteiger partial charge in [0.25, 0.3) is 0 Å². The van der Waals surface area contributed by atoms with Gasteiger partial charge < -0.3 is 19.6 Å². The van der Waals surface area contributed by atoms with Gasteiger partial charge in [-0.3, -0.25) is 14.4 Å². The van der Waals surface area contributed by atoms with Crippen molar-refractivity contribution in [1.82, 2.24) is 9.80 Å². The average molecular weight is 563 g/mol. The van der Waals surface area contributed by atoms with E-state index in [-0.39, 0.29) is 36.4 Å². The monoisotopic (exact) mass is 562 g/mol. The number of hydrogen-bond acceptors (Lipinski definition) is 6. The molecule has 0 saturated carbocycles. The molecular formula is C31H50N2O5S. The van der Waals surface area contributed by atoms with Gasteiger partial charge in [-0.25, -0.2) is 0 Å². The van der Waals surface area contributed by atoms with Gasteiger partial charge in [-0.05, 0) is 64.7 Å². The number of ether oxygens (including phenoxy) is 1. The van der Waals surface area contributed by atoms with E-state index in [4.69, 9.17) is 4.74 Å².